The van der Waals surface area contributed by atoms with Crippen molar-refractivity contribution in [1.82, 2.24) is 0 Å². The van der Waals surface area contributed by atoms with Gasteiger partial charge in [0.2, 0.25) is 0 Å². The molecule has 0 aliphatic rings. The van der Waals surface area contributed by atoms with Crippen LogP contribution in [0.25, 0.3) is 0 Å². The van der Waals surface area contributed by atoms with E-state index >= 15 is 0 Å². The van der Waals surface area contributed by atoms with Crippen LogP contribution in [0.1, 0.15) is 16.7 Å². The number of hydrogen-bond acceptors (Lipinski definition) is 4. The third kappa shape index (κ3) is 3.92. The highest BCUT2D eigenvalue weighted by Gasteiger charge is 2.14. The van der Waals surface area contributed by atoms with Gasteiger partial charge in [-0.2, -0.15) is 5.10 Å². The third-order valence-electron chi connectivity index (χ3n) is 2.94. The minimum atomic E-state index is -0.474. The van der Waals surface area contributed by atoms with Crippen molar-refractivity contribution in [3.05, 3.63) is 65.2 Å². The predicted molar refractivity (Wildman–Crippen MR) is 84.5 cm³/mol. The zero-order chi connectivity index (χ0) is 15.2. The van der Waals surface area contributed by atoms with Crippen LogP contribution in [0.3, 0.4) is 0 Å². The van der Waals surface area contributed by atoms with Gasteiger partial charge in [0.1, 0.15) is 0 Å². The monoisotopic (exact) mass is 282 g/mol. The van der Waals surface area contributed by atoms with Crippen molar-refractivity contribution in [2.75, 3.05) is 12.5 Å². The largest absolute Gasteiger partial charge is 0.464 e. The number of aryl methyl sites for hydroxylation is 2. The SMILES string of the molecule is COC(=O)/C(=N/Nc1cc(C)cc(C)c1)c1ccccc1. The average molecular weight is 282 g/mol. The molecule has 0 saturated heterocycles. The van der Waals surface area contributed by atoms with E-state index in [1.54, 1.807) is 0 Å². The molecule has 0 radical (unpaired) electrons. The number of carbonyl (C=O) groups is 1. The van der Waals surface area contributed by atoms with Crippen LogP contribution in [0.4, 0.5) is 5.69 Å². The van der Waals surface area contributed by atoms with Crippen LogP contribution in [0.5, 0.6) is 0 Å². The van der Waals surface area contributed by atoms with E-state index in [0.717, 1.165) is 16.8 Å². The van der Waals surface area contributed by atoms with Crippen LogP contribution in [-0.4, -0.2) is 18.8 Å². The number of nitrogens with zero attached hydrogens (tertiary/aromatic N) is 1. The maximum Gasteiger partial charge on any atom is 0.359 e. The van der Waals surface area contributed by atoms with Crippen LogP contribution in [0.15, 0.2) is 53.6 Å². The van der Waals surface area contributed by atoms with Gasteiger partial charge in [-0.25, -0.2) is 4.79 Å². The number of esters is 1. The van der Waals surface area contributed by atoms with E-state index in [4.69, 9.17) is 4.74 Å². The van der Waals surface area contributed by atoms with Crippen molar-refractivity contribution in [2.45, 2.75) is 13.8 Å². The molecule has 0 saturated carbocycles. The summed E-state index contributed by atoms with van der Waals surface area (Å²) >= 11 is 0. The lowest BCUT2D eigenvalue weighted by atomic mass is 10.1. The first-order valence-electron chi connectivity index (χ1n) is 6.66. The molecule has 1 N–H and O–H groups in total. The first kappa shape index (κ1) is 14.8. The van der Waals surface area contributed by atoms with E-state index in [9.17, 15) is 4.79 Å². The zero-order valence-corrected chi connectivity index (χ0v) is 12.4. The van der Waals surface area contributed by atoms with Gasteiger partial charge in [-0.3, -0.25) is 5.43 Å². The fourth-order valence-corrected chi connectivity index (χ4v) is 2.08. The van der Waals surface area contributed by atoms with Gasteiger partial charge in [-0.1, -0.05) is 36.4 Å². The van der Waals surface area contributed by atoms with E-state index in [-0.39, 0.29) is 5.71 Å². The molecule has 108 valence electrons. The molecule has 0 fully saturated rings. The number of hydrogen-bond donors (Lipinski definition) is 1. The van der Waals surface area contributed by atoms with Crippen LogP contribution >= 0.6 is 0 Å². The first-order chi connectivity index (χ1) is 10.1. The summed E-state index contributed by atoms with van der Waals surface area (Å²) in [4.78, 5) is 11.9. The predicted octanol–water partition coefficient (Wildman–Crippen LogP) is 3.29. The molecule has 2 rings (SSSR count). The molecule has 0 spiro atoms. The van der Waals surface area contributed by atoms with Crippen molar-refractivity contribution in [1.29, 1.82) is 0 Å². The molecular formula is C17H18N2O2. The summed E-state index contributed by atoms with van der Waals surface area (Å²) in [5.41, 5.74) is 6.98. The van der Waals surface area contributed by atoms with E-state index < -0.39 is 5.97 Å². The Morgan fingerprint density at radius 1 is 1.05 bits per heavy atom. The number of methoxy groups -OCH3 is 1. The number of benzene rings is 2. The summed E-state index contributed by atoms with van der Waals surface area (Å²) in [5.74, 6) is -0.474. The van der Waals surface area contributed by atoms with Gasteiger partial charge in [0.05, 0.1) is 12.8 Å². The smallest absolute Gasteiger partial charge is 0.359 e. The third-order valence-corrected chi connectivity index (χ3v) is 2.94. The molecule has 0 unspecified atom stereocenters. The minimum absolute atomic E-state index is 0.247. The van der Waals surface area contributed by atoms with Gasteiger partial charge in [0.15, 0.2) is 5.71 Å². The van der Waals surface area contributed by atoms with Crippen molar-refractivity contribution >= 4 is 17.4 Å². The van der Waals surface area contributed by atoms with Crippen LogP contribution in [0.2, 0.25) is 0 Å². The highest BCUT2D eigenvalue weighted by Crippen LogP contribution is 2.14. The minimum Gasteiger partial charge on any atom is -0.464 e. The van der Waals surface area contributed by atoms with Gasteiger partial charge in [0.25, 0.3) is 0 Å². The summed E-state index contributed by atoms with van der Waals surface area (Å²) < 4.78 is 4.79. The Balaban J connectivity index is 2.31. The first-order valence-corrected chi connectivity index (χ1v) is 6.66. The number of nitrogens with one attached hydrogen (secondary N) is 1. The van der Waals surface area contributed by atoms with Gasteiger partial charge in [0, 0.05) is 5.56 Å². The van der Waals surface area contributed by atoms with Crippen molar-refractivity contribution in [3.8, 4) is 0 Å². The Labute approximate surface area is 124 Å². The molecule has 0 aromatic heterocycles. The summed E-state index contributed by atoms with van der Waals surface area (Å²) in [6.07, 6.45) is 0. The van der Waals surface area contributed by atoms with E-state index in [0.29, 0.717) is 5.56 Å². The Morgan fingerprint density at radius 3 is 2.24 bits per heavy atom. The summed E-state index contributed by atoms with van der Waals surface area (Å²) in [6, 6.07) is 15.2. The molecular weight excluding hydrogens is 264 g/mol. The number of ether oxygens (including phenoxy) is 1. The molecule has 21 heavy (non-hydrogen) atoms. The molecule has 0 bridgehead atoms. The number of rotatable bonds is 4. The molecule has 0 amide bonds. The standard InChI is InChI=1S/C17H18N2O2/c1-12-9-13(2)11-15(10-12)18-19-16(17(20)21-3)14-7-5-4-6-8-14/h4-11,18H,1-3H3/b19-16+. The van der Waals surface area contributed by atoms with E-state index in [2.05, 4.69) is 16.6 Å². The zero-order valence-electron chi connectivity index (χ0n) is 12.4. The van der Waals surface area contributed by atoms with Crippen molar-refractivity contribution in [3.63, 3.8) is 0 Å². The van der Waals surface area contributed by atoms with Gasteiger partial charge >= 0.3 is 5.97 Å². The van der Waals surface area contributed by atoms with Crippen molar-refractivity contribution in [2.24, 2.45) is 5.10 Å². The fourth-order valence-electron chi connectivity index (χ4n) is 2.08. The number of hydrazone groups is 1. The lowest BCUT2D eigenvalue weighted by molar-refractivity contribution is -0.132. The molecule has 0 heterocycles. The van der Waals surface area contributed by atoms with Crippen LogP contribution < -0.4 is 5.43 Å². The molecule has 0 atom stereocenters. The summed E-state index contributed by atoms with van der Waals surface area (Å²) in [5, 5.41) is 4.21. The highest BCUT2D eigenvalue weighted by atomic mass is 16.5. The fraction of sp³-hybridized carbons (Fsp3) is 0.176. The Bertz CT molecular complexity index is 643. The highest BCUT2D eigenvalue weighted by molar-refractivity contribution is 6.43. The van der Waals surface area contributed by atoms with Crippen LogP contribution in [0, 0.1) is 13.8 Å². The van der Waals surface area contributed by atoms with Gasteiger partial charge in [-0.15, -0.1) is 0 Å². The topological polar surface area (TPSA) is 50.7 Å². The van der Waals surface area contributed by atoms with Gasteiger partial charge in [-0.05, 0) is 37.1 Å². The maximum atomic E-state index is 11.9. The molecule has 4 heteroatoms. The second-order valence-electron chi connectivity index (χ2n) is 4.81. The second kappa shape index (κ2) is 6.70. The molecule has 2 aromatic rings. The lowest BCUT2D eigenvalue weighted by Gasteiger charge is -2.07. The van der Waals surface area contributed by atoms with E-state index in [1.165, 1.54) is 7.11 Å². The quantitative estimate of drug-likeness (QED) is 0.532. The second-order valence-corrected chi connectivity index (χ2v) is 4.81. The summed E-state index contributed by atoms with van der Waals surface area (Å²) in [7, 11) is 1.34. The Kier molecular flexibility index (Phi) is 4.72. The normalized spacial score (nSPS) is 11.1. The Hall–Kier alpha value is -2.62. The molecule has 0 aliphatic heterocycles. The number of anilines is 1. The van der Waals surface area contributed by atoms with Crippen LogP contribution in [-0.2, 0) is 9.53 Å². The lowest BCUT2D eigenvalue weighted by Crippen LogP contribution is -2.18. The Morgan fingerprint density at radius 2 is 1.67 bits per heavy atom. The average Bonchev–Trinajstić information content (AvgIpc) is 2.47. The summed E-state index contributed by atoms with van der Waals surface area (Å²) in [6.45, 7) is 4.03. The van der Waals surface area contributed by atoms with Crippen molar-refractivity contribution < 1.29 is 9.53 Å². The van der Waals surface area contributed by atoms with E-state index in [1.807, 2.05) is 56.3 Å². The molecule has 4 nitrogen and oxygen atoms in total. The maximum absolute atomic E-state index is 11.9. The molecule has 2 aromatic carbocycles. The molecule has 0 aliphatic carbocycles. The number of carbonyl (C=O) groups excluding carboxylic acids is 1. The van der Waals surface area contributed by atoms with Gasteiger partial charge < -0.3 is 4.74 Å².